The summed E-state index contributed by atoms with van der Waals surface area (Å²) in [6, 6.07) is 11.3. The van der Waals surface area contributed by atoms with Gasteiger partial charge in [0.15, 0.2) is 0 Å². The van der Waals surface area contributed by atoms with Crippen LogP contribution in [0.3, 0.4) is 0 Å². The number of hydrogen-bond acceptors (Lipinski definition) is 5. The highest BCUT2D eigenvalue weighted by molar-refractivity contribution is 6.30. The van der Waals surface area contributed by atoms with Gasteiger partial charge in [-0.3, -0.25) is 9.69 Å². The van der Waals surface area contributed by atoms with E-state index in [1.165, 1.54) is 7.11 Å². The minimum Gasteiger partial charge on any atom is -0.481 e. The molecule has 5 rings (SSSR count). The number of amides is 1. The Hall–Kier alpha value is -3.10. The van der Waals surface area contributed by atoms with Crippen molar-refractivity contribution in [3.63, 3.8) is 0 Å². The van der Waals surface area contributed by atoms with E-state index in [-0.39, 0.29) is 30.7 Å². The van der Waals surface area contributed by atoms with Crippen molar-refractivity contribution >= 4 is 40.4 Å². The van der Waals surface area contributed by atoms with E-state index in [1.54, 1.807) is 36.3 Å². The Balaban J connectivity index is 1.63. The third kappa shape index (κ3) is 4.87. The maximum atomic E-state index is 12.6. The molecule has 1 saturated carbocycles. The minimum atomic E-state index is -0.915. The number of imidazole rings is 1. The third-order valence-electron chi connectivity index (χ3n) is 8.18. The summed E-state index contributed by atoms with van der Waals surface area (Å²) in [5, 5.41) is 10.7. The second-order valence-electron chi connectivity index (χ2n) is 10.4. The van der Waals surface area contributed by atoms with E-state index in [2.05, 4.69) is 4.57 Å². The lowest BCUT2D eigenvalue weighted by atomic mass is 9.91. The van der Waals surface area contributed by atoms with Gasteiger partial charge in [0.05, 0.1) is 35.9 Å². The second kappa shape index (κ2) is 10.9. The molecule has 1 N–H and O–H groups in total. The van der Waals surface area contributed by atoms with Crippen molar-refractivity contribution in [1.82, 2.24) is 9.55 Å². The summed E-state index contributed by atoms with van der Waals surface area (Å²) in [5.74, 6) is -0.964. The van der Waals surface area contributed by atoms with Gasteiger partial charge in [0, 0.05) is 36.2 Å². The standard InChI is InChI=1S/C29H34ClN3O5/c1-17-7-12-22-24(32(17)29(36)38-3)13-14-25-27(22)31-26(33(25)20-8-10-21(37-2)11-9-20)16-23(28(34)35)18-5-4-6-19(30)15-18/h4-6,13-15,17,20-21,23H,7-12,16H2,1-3H3,(H,34,35)/t17-,20?,21?,23?/m0/s1. The van der Waals surface area contributed by atoms with Crippen LogP contribution in [0.25, 0.3) is 11.0 Å². The second-order valence-corrected chi connectivity index (χ2v) is 10.8. The number of aromatic nitrogens is 2. The van der Waals surface area contributed by atoms with Crippen LogP contribution >= 0.6 is 11.6 Å². The van der Waals surface area contributed by atoms with E-state index in [4.69, 9.17) is 26.1 Å². The largest absolute Gasteiger partial charge is 0.481 e. The SMILES string of the molecule is COC(=O)N1c2ccc3c(nc(CC(C(=O)O)c4cccc(Cl)c4)n3C3CCC(OC)CC3)c2CC[C@@H]1C. The van der Waals surface area contributed by atoms with Crippen LogP contribution in [0.15, 0.2) is 36.4 Å². The first-order valence-corrected chi connectivity index (χ1v) is 13.6. The molecule has 202 valence electrons. The number of methoxy groups -OCH3 is 2. The number of nitrogens with zero attached hydrogens (tertiary/aromatic N) is 3. The topological polar surface area (TPSA) is 93.9 Å². The van der Waals surface area contributed by atoms with Gasteiger partial charge in [-0.1, -0.05) is 23.7 Å². The number of benzene rings is 2. The van der Waals surface area contributed by atoms with E-state index < -0.39 is 11.9 Å². The van der Waals surface area contributed by atoms with Crippen molar-refractivity contribution < 1.29 is 24.2 Å². The van der Waals surface area contributed by atoms with Gasteiger partial charge < -0.3 is 19.1 Å². The van der Waals surface area contributed by atoms with Crippen molar-refractivity contribution in [2.45, 2.75) is 76.0 Å². The fourth-order valence-electron chi connectivity index (χ4n) is 6.17. The molecule has 1 aliphatic carbocycles. The molecule has 3 aromatic rings. The molecule has 0 radical (unpaired) electrons. The predicted octanol–water partition coefficient (Wildman–Crippen LogP) is 6.14. The summed E-state index contributed by atoms with van der Waals surface area (Å²) >= 11 is 6.22. The number of rotatable bonds is 6. The Kier molecular flexibility index (Phi) is 7.63. The van der Waals surface area contributed by atoms with Crippen molar-refractivity contribution in [1.29, 1.82) is 0 Å². The monoisotopic (exact) mass is 539 g/mol. The summed E-state index contributed by atoms with van der Waals surface area (Å²) in [5.41, 5.74) is 4.29. The molecule has 2 atom stereocenters. The number of carbonyl (C=O) groups is 2. The number of carboxylic acids is 1. The van der Waals surface area contributed by atoms with Crippen molar-refractivity contribution in [2.75, 3.05) is 19.1 Å². The van der Waals surface area contributed by atoms with Crippen LogP contribution in [0, 0.1) is 0 Å². The van der Waals surface area contributed by atoms with E-state index in [9.17, 15) is 14.7 Å². The molecule has 38 heavy (non-hydrogen) atoms. The smallest absolute Gasteiger partial charge is 0.414 e. The molecule has 9 heteroatoms. The average Bonchev–Trinajstić information content (AvgIpc) is 3.29. The van der Waals surface area contributed by atoms with Crippen molar-refractivity contribution in [3.05, 3.63) is 58.4 Å². The van der Waals surface area contributed by atoms with Gasteiger partial charge in [0.25, 0.3) is 0 Å². The summed E-state index contributed by atoms with van der Waals surface area (Å²) in [6.07, 6.45) is 5.40. The fraction of sp³-hybridized carbons (Fsp3) is 0.483. The Morgan fingerprint density at radius 3 is 2.55 bits per heavy atom. The molecular weight excluding hydrogens is 506 g/mol. The molecular formula is C29H34ClN3O5. The number of aryl methyl sites for hydroxylation is 1. The van der Waals surface area contributed by atoms with E-state index in [0.29, 0.717) is 10.6 Å². The number of hydrogen-bond donors (Lipinski definition) is 1. The van der Waals surface area contributed by atoms with Gasteiger partial charge in [-0.25, -0.2) is 9.78 Å². The fourth-order valence-corrected chi connectivity index (χ4v) is 6.37. The molecule has 0 spiro atoms. The quantitative estimate of drug-likeness (QED) is 0.404. The number of halogens is 1. The Morgan fingerprint density at radius 1 is 1.13 bits per heavy atom. The van der Waals surface area contributed by atoms with Gasteiger partial charge >= 0.3 is 12.1 Å². The molecule has 1 unspecified atom stereocenters. The average molecular weight is 540 g/mol. The third-order valence-corrected chi connectivity index (χ3v) is 8.41. The molecule has 2 aliphatic rings. The van der Waals surface area contributed by atoms with Gasteiger partial charge in [-0.15, -0.1) is 0 Å². The highest BCUT2D eigenvalue weighted by atomic mass is 35.5. The Labute approximate surface area is 227 Å². The molecule has 8 nitrogen and oxygen atoms in total. The lowest BCUT2D eigenvalue weighted by Crippen LogP contribution is -2.42. The zero-order valence-electron chi connectivity index (χ0n) is 22.0. The lowest BCUT2D eigenvalue weighted by molar-refractivity contribution is -0.138. The summed E-state index contributed by atoms with van der Waals surface area (Å²) in [7, 11) is 3.15. The van der Waals surface area contributed by atoms with Crippen LogP contribution < -0.4 is 4.90 Å². The van der Waals surface area contributed by atoms with Crippen molar-refractivity contribution in [2.24, 2.45) is 0 Å². The van der Waals surface area contributed by atoms with Crippen LogP contribution in [-0.4, -0.2) is 53.1 Å². The summed E-state index contributed by atoms with van der Waals surface area (Å²) in [6.45, 7) is 2.02. The number of fused-ring (bicyclic) bond motifs is 3. The molecule has 1 fully saturated rings. The Bertz CT molecular complexity index is 1350. The number of carbonyl (C=O) groups excluding carboxylic acids is 1. The molecule has 2 aromatic carbocycles. The maximum Gasteiger partial charge on any atom is 0.414 e. The van der Waals surface area contributed by atoms with Gasteiger partial charge in [-0.2, -0.15) is 0 Å². The van der Waals surface area contributed by atoms with E-state index in [0.717, 1.165) is 66.6 Å². The normalized spacial score (nSPS) is 22.2. The zero-order chi connectivity index (χ0) is 27.0. The minimum absolute atomic E-state index is 0.0116. The molecule has 0 saturated heterocycles. The van der Waals surface area contributed by atoms with Crippen LogP contribution in [0.5, 0.6) is 0 Å². The van der Waals surface area contributed by atoms with E-state index in [1.807, 2.05) is 19.1 Å². The van der Waals surface area contributed by atoms with Crippen LogP contribution in [-0.2, 0) is 27.1 Å². The summed E-state index contributed by atoms with van der Waals surface area (Å²) in [4.78, 5) is 31.9. The lowest BCUT2D eigenvalue weighted by Gasteiger charge is -2.34. The maximum absolute atomic E-state index is 12.6. The molecule has 1 aliphatic heterocycles. The molecule has 1 aromatic heterocycles. The first-order chi connectivity index (χ1) is 18.3. The number of anilines is 1. The summed E-state index contributed by atoms with van der Waals surface area (Å²) < 4.78 is 12.9. The Morgan fingerprint density at radius 2 is 1.89 bits per heavy atom. The number of ether oxygens (including phenoxy) is 2. The highest BCUT2D eigenvalue weighted by Crippen LogP contribution is 2.40. The van der Waals surface area contributed by atoms with Crippen LogP contribution in [0.2, 0.25) is 5.02 Å². The van der Waals surface area contributed by atoms with Crippen molar-refractivity contribution in [3.8, 4) is 0 Å². The predicted molar refractivity (Wildman–Crippen MR) is 146 cm³/mol. The van der Waals surface area contributed by atoms with Crippen LogP contribution in [0.4, 0.5) is 10.5 Å². The highest BCUT2D eigenvalue weighted by Gasteiger charge is 2.34. The van der Waals surface area contributed by atoms with Gasteiger partial charge in [0.2, 0.25) is 0 Å². The number of aliphatic carboxylic acids is 1. The molecule has 2 heterocycles. The van der Waals surface area contributed by atoms with E-state index >= 15 is 0 Å². The van der Waals surface area contributed by atoms with Gasteiger partial charge in [-0.05, 0) is 75.3 Å². The molecule has 1 amide bonds. The molecule has 0 bridgehead atoms. The zero-order valence-corrected chi connectivity index (χ0v) is 22.8. The first kappa shape index (κ1) is 26.5. The number of carboxylic acid groups (broad SMARTS) is 1. The van der Waals surface area contributed by atoms with Gasteiger partial charge in [0.1, 0.15) is 5.82 Å². The first-order valence-electron chi connectivity index (χ1n) is 13.2. The van der Waals surface area contributed by atoms with Crippen LogP contribution in [0.1, 0.15) is 67.9 Å².